The van der Waals surface area contributed by atoms with E-state index in [1.807, 2.05) is 24.3 Å². The third-order valence-corrected chi connectivity index (χ3v) is 5.66. The fourth-order valence-corrected chi connectivity index (χ4v) is 3.84. The van der Waals surface area contributed by atoms with Crippen LogP contribution in [0.5, 0.6) is 0 Å². The molecule has 2 heterocycles. The van der Waals surface area contributed by atoms with E-state index in [9.17, 15) is 9.18 Å². The molecule has 30 heavy (non-hydrogen) atoms. The number of fused-ring (bicyclic) bond motifs is 1. The number of aryl methyl sites for hydroxylation is 2. The number of benzene rings is 2. The highest BCUT2D eigenvalue weighted by molar-refractivity contribution is 8.00. The second-order valence-electron chi connectivity index (χ2n) is 6.70. The normalized spacial score (nSPS) is 11.1. The smallest absolute Gasteiger partial charge is 0.201 e. The van der Waals surface area contributed by atoms with Crippen molar-refractivity contribution in [2.45, 2.75) is 25.2 Å². The van der Waals surface area contributed by atoms with Crippen LogP contribution in [0.4, 0.5) is 14.5 Å². The van der Waals surface area contributed by atoms with Crippen molar-refractivity contribution in [3.63, 3.8) is 0 Å². The zero-order valence-corrected chi connectivity index (χ0v) is 17.1. The van der Waals surface area contributed by atoms with E-state index in [1.165, 1.54) is 36.1 Å². The second kappa shape index (κ2) is 8.23. The fraction of sp³-hybridized carbons (Fsp3) is 0.136. The molecular formula is C22H18F2N4OS. The Labute approximate surface area is 176 Å². The number of nitrogens with one attached hydrogen (secondary N) is 2. The first kappa shape index (κ1) is 20.0. The van der Waals surface area contributed by atoms with Gasteiger partial charge in [-0.2, -0.15) is 0 Å². The minimum atomic E-state index is -0.943. The molecule has 2 aromatic carbocycles. The van der Waals surface area contributed by atoms with E-state index in [0.717, 1.165) is 17.4 Å². The van der Waals surface area contributed by atoms with Gasteiger partial charge in [0.25, 0.3) is 0 Å². The third-order valence-electron chi connectivity index (χ3n) is 4.83. The van der Waals surface area contributed by atoms with Gasteiger partial charge in [0.1, 0.15) is 17.8 Å². The molecule has 0 fully saturated rings. The van der Waals surface area contributed by atoms with Crippen LogP contribution in [0.1, 0.15) is 34.1 Å². The summed E-state index contributed by atoms with van der Waals surface area (Å²) in [5.41, 5.74) is 1.71. The first-order chi connectivity index (χ1) is 14.5. The second-order valence-corrected chi connectivity index (χ2v) is 7.58. The average Bonchev–Trinajstić information content (AvgIpc) is 3.19. The van der Waals surface area contributed by atoms with E-state index in [4.69, 9.17) is 0 Å². The summed E-state index contributed by atoms with van der Waals surface area (Å²) in [6.45, 7) is 3.77. The first-order valence-corrected chi connectivity index (χ1v) is 10.1. The van der Waals surface area contributed by atoms with Gasteiger partial charge in [-0.15, -0.1) is 0 Å². The van der Waals surface area contributed by atoms with Crippen molar-refractivity contribution >= 4 is 34.5 Å². The minimum Gasteiger partial charge on any atom is -0.345 e. The Morgan fingerprint density at radius 1 is 1.13 bits per heavy atom. The van der Waals surface area contributed by atoms with Crippen LogP contribution in [0, 0.1) is 18.6 Å². The lowest BCUT2D eigenvalue weighted by molar-refractivity contribution is 0.103. The molecule has 5 nitrogen and oxygen atoms in total. The van der Waals surface area contributed by atoms with Crippen molar-refractivity contribution in [1.82, 2.24) is 15.0 Å². The number of nitrogens with zero attached hydrogens (tertiary/aromatic N) is 2. The van der Waals surface area contributed by atoms with Crippen LogP contribution in [0.3, 0.4) is 0 Å². The van der Waals surface area contributed by atoms with E-state index in [0.29, 0.717) is 16.7 Å². The molecule has 0 saturated carbocycles. The Balaban J connectivity index is 1.66. The summed E-state index contributed by atoms with van der Waals surface area (Å²) in [5, 5.41) is 0.449. The number of aromatic nitrogens is 3. The summed E-state index contributed by atoms with van der Waals surface area (Å²) >= 11 is 1.19. The summed E-state index contributed by atoms with van der Waals surface area (Å²) in [4.78, 5) is 24.9. The number of ketones is 1. The van der Waals surface area contributed by atoms with E-state index < -0.39 is 23.0 Å². The van der Waals surface area contributed by atoms with Gasteiger partial charge in [-0.1, -0.05) is 19.1 Å². The molecule has 0 aliphatic rings. The number of rotatable bonds is 6. The van der Waals surface area contributed by atoms with Gasteiger partial charge in [0.05, 0.1) is 27.9 Å². The quantitative estimate of drug-likeness (QED) is 0.318. The van der Waals surface area contributed by atoms with Crippen LogP contribution in [-0.2, 0) is 6.42 Å². The summed E-state index contributed by atoms with van der Waals surface area (Å²) in [7, 11) is 0. The maximum Gasteiger partial charge on any atom is 0.201 e. The van der Waals surface area contributed by atoms with Gasteiger partial charge >= 0.3 is 0 Å². The van der Waals surface area contributed by atoms with Crippen molar-refractivity contribution in [1.29, 1.82) is 0 Å². The van der Waals surface area contributed by atoms with Crippen molar-refractivity contribution in [3.05, 3.63) is 82.9 Å². The van der Waals surface area contributed by atoms with Crippen molar-refractivity contribution in [2.24, 2.45) is 0 Å². The van der Waals surface area contributed by atoms with Crippen LogP contribution >= 0.6 is 11.9 Å². The molecule has 0 aliphatic carbocycles. The first-order valence-electron chi connectivity index (χ1n) is 9.32. The lowest BCUT2D eigenvalue weighted by Crippen LogP contribution is -2.09. The van der Waals surface area contributed by atoms with Crippen LogP contribution in [0.15, 0.2) is 53.8 Å². The van der Waals surface area contributed by atoms with Gasteiger partial charge in [0, 0.05) is 11.1 Å². The van der Waals surface area contributed by atoms with Gasteiger partial charge in [-0.05, 0) is 55.1 Å². The topological polar surface area (TPSA) is 70.7 Å². The van der Waals surface area contributed by atoms with E-state index in [1.54, 1.807) is 6.92 Å². The van der Waals surface area contributed by atoms with Gasteiger partial charge in [-0.3, -0.25) is 4.79 Å². The SMILES string of the molecule is CCc1ccc(SNc2ccc(F)c(C(=O)c3c[nH]c4ncnc(C)c34)c2F)cc1. The van der Waals surface area contributed by atoms with Crippen molar-refractivity contribution in [3.8, 4) is 0 Å². The van der Waals surface area contributed by atoms with Crippen molar-refractivity contribution in [2.75, 3.05) is 4.72 Å². The summed E-state index contributed by atoms with van der Waals surface area (Å²) < 4.78 is 32.5. The van der Waals surface area contributed by atoms with Gasteiger partial charge in [-0.25, -0.2) is 18.7 Å². The number of carbonyl (C=O) groups excluding carboxylic acids is 1. The summed E-state index contributed by atoms with van der Waals surface area (Å²) in [5.74, 6) is -2.64. The molecule has 0 bridgehead atoms. The molecule has 4 rings (SSSR count). The molecule has 0 atom stereocenters. The predicted octanol–water partition coefficient (Wildman–Crippen LogP) is 5.46. The maximum atomic E-state index is 15.1. The molecule has 152 valence electrons. The molecule has 0 radical (unpaired) electrons. The molecule has 0 aliphatic heterocycles. The number of carbonyl (C=O) groups is 1. The zero-order chi connectivity index (χ0) is 21.3. The molecule has 0 saturated heterocycles. The fourth-order valence-electron chi connectivity index (χ4n) is 3.18. The van der Waals surface area contributed by atoms with Gasteiger partial charge in [0.15, 0.2) is 5.82 Å². The Kier molecular flexibility index (Phi) is 5.50. The molecule has 8 heteroatoms. The average molecular weight is 424 g/mol. The Morgan fingerprint density at radius 2 is 1.90 bits per heavy atom. The van der Waals surface area contributed by atoms with Crippen LogP contribution < -0.4 is 4.72 Å². The molecule has 0 spiro atoms. The Hall–Kier alpha value is -3.26. The molecule has 0 amide bonds. The number of hydrogen-bond acceptors (Lipinski definition) is 5. The zero-order valence-electron chi connectivity index (χ0n) is 16.3. The maximum absolute atomic E-state index is 15.1. The van der Waals surface area contributed by atoms with Crippen LogP contribution in [0.25, 0.3) is 11.0 Å². The number of hydrogen-bond donors (Lipinski definition) is 2. The van der Waals surface area contributed by atoms with E-state index in [-0.39, 0.29) is 11.3 Å². The van der Waals surface area contributed by atoms with E-state index >= 15 is 4.39 Å². The molecule has 4 aromatic rings. The molecule has 0 unspecified atom stereocenters. The largest absolute Gasteiger partial charge is 0.345 e. The third kappa shape index (κ3) is 3.66. The predicted molar refractivity (Wildman–Crippen MR) is 114 cm³/mol. The number of halogens is 2. The van der Waals surface area contributed by atoms with Crippen LogP contribution in [-0.4, -0.2) is 20.7 Å². The standard InChI is InChI=1S/C22H18F2N4OS/c1-3-13-4-6-14(7-5-13)30-28-17-9-8-16(23)19(20(17)24)21(29)15-10-25-22-18(15)12(2)26-11-27-22/h4-11,28H,3H2,1-2H3,(H,25,26,27). The highest BCUT2D eigenvalue weighted by Gasteiger charge is 2.25. The summed E-state index contributed by atoms with van der Waals surface area (Å²) in [6.07, 6.45) is 3.69. The molecule has 2 N–H and O–H groups in total. The monoisotopic (exact) mass is 424 g/mol. The Morgan fingerprint density at radius 3 is 2.63 bits per heavy atom. The molecule has 2 aromatic heterocycles. The van der Waals surface area contributed by atoms with Crippen LogP contribution in [0.2, 0.25) is 0 Å². The minimum absolute atomic E-state index is 0.0251. The number of aromatic amines is 1. The number of anilines is 1. The highest BCUT2D eigenvalue weighted by atomic mass is 32.2. The lowest BCUT2D eigenvalue weighted by atomic mass is 10.0. The summed E-state index contributed by atoms with van der Waals surface area (Å²) in [6, 6.07) is 10.2. The van der Waals surface area contributed by atoms with E-state index in [2.05, 4.69) is 26.6 Å². The van der Waals surface area contributed by atoms with Crippen molar-refractivity contribution < 1.29 is 13.6 Å². The van der Waals surface area contributed by atoms with Gasteiger partial charge in [0.2, 0.25) is 5.78 Å². The molecular weight excluding hydrogens is 406 g/mol. The van der Waals surface area contributed by atoms with Gasteiger partial charge < -0.3 is 9.71 Å². The number of H-pyrrole nitrogens is 1. The lowest BCUT2D eigenvalue weighted by Gasteiger charge is -2.11. The highest BCUT2D eigenvalue weighted by Crippen LogP contribution is 2.30. The Bertz CT molecular complexity index is 1240.